The molecular formula is C27H23N7O2. The van der Waals surface area contributed by atoms with Crippen LogP contribution in [0, 0.1) is 11.3 Å². The maximum absolute atomic E-state index is 11.9. The highest BCUT2D eigenvalue weighted by Crippen LogP contribution is 2.22. The Labute approximate surface area is 207 Å². The fraction of sp³-hybridized carbons (Fsp3) is 0.148. The van der Waals surface area contributed by atoms with Crippen LogP contribution in [0.5, 0.6) is 5.75 Å². The van der Waals surface area contributed by atoms with Gasteiger partial charge in [-0.2, -0.15) is 10.4 Å². The van der Waals surface area contributed by atoms with Crippen molar-refractivity contribution >= 4 is 16.9 Å². The van der Waals surface area contributed by atoms with E-state index in [1.54, 1.807) is 42.1 Å². The van der Waals surface area contributed by atoms with Gasteiger partial charge in [-0.15, -0.1) is 0 Å². The minimum Gasteiger partial charge on any atom is -0.497 e. The van der Waals surface area contributed by atoms with E-state index in [2.05, 4.69) is 26.5 Å². The number of nitrogens with zero attached hydrogens (tertiary/aromatic N) is 6. The number of ether oxygens (including phenoxy) is 1. The standard InChI is InChI=1S/C27H23N7O2/c1-36-23-10-9-21(13-28)22(12-23)14-29-26-24-17-34(32-27(24)31-18-30-26)16-20-7-5-19(6-8-20)15-33-11-3-2-4-25(33)35/h2-12,17-18H,14-16H2,1H3,(H,29,30,31,32). The average Bonchev–Trinajstić information content (AvgIpc) is 3.32. The molecule has 0 bridgehead atoms. The van der Waals surface area contributed by atoms with Crippen molar-refractivity contribution in [2.24, 2.45) is 0 Å². The summed E-state index contributed by atoms with van der Waals surface area (Å²) in [6.45, 7) is 1.50. The van der Waals surface area contributed by atoms with Crippen molar-refractivity contribution in [2.45, 2.75) is 19.6 Å². The number of hydrogen-bond donors (Lipinski definition) is 1. The normalized spacial score (nSPS) is 10.8. The van der Waals surface area contributed by atoms with E-state index >= 15 is 0 Å². The molecule has 5 aromatic rings. The summed E-state index contributed by atoms with van der Waals surface area (Å²) in [7, 11) is 1.60. The van der Waals surface area contributed by atoms with E-state index < -0.39 is 0 Å². The lowest BCUT2D eigenvalue weighted by Crippen LogP contribution is -2.18. The monoisotopic (exact) mass is 477 g/mol. The number of pyridine rings is 1. The van der Waals surface area contributed by atoms with Crippen molar-refractivity contribution in [3.63, 3.8) is 0 Å². The van der Waals surface area contributed by atoms with Crippen molar-refractivity contribution in [2.75, 3.05) is 12.4 Å². The van der Waals surface area contributed by atoms with Crippen LogP contribution in [0.15, 0.2) is 84.2 Å². The maximum atomic E-state index is 11.9. The summed E-state index contributed by atoms with van der Waals surface area (Å²) in [6.07, 6.45) is 5.17. The average molecular weight is 478 g/mol. The van der Waals surface area contributed by atoms with Gasteiger partial charge in [0.25, 0.3) is 5.56 Å². The van der Waals surface area contributed by atoms with Crippen molar-refractivity contribution in [1.29, 1.82) is 5.26 Å². The minimum atomic E-state index is -0.0226. The molecule has 0 aliphatic carbocycles. The van der Waals surface area contributed by atoms with Crippen LogP contribution in [0.4, 0.5) is 5.82 Å². The molecule has 3 heterocycles. The number of fused-ring (bicyclic) bond motifs is 1. The third-order valence-electron chi connectivity index (χ3n) is 5.86. The number of nitriles is 1. The molecule has 0 spiro atoms. The number of rotatable bonds is 8. The molecule has 178 valence electrons. The number of nitrogens with one attached hydrogen (secondary N) is 1. The van der Waals surface area contributed by atoms with Gasteiger partial charge in [-0.05, 0) is 41.0 Å². The Morgan fingerprint density at radius 1 is 1.03 bits per heavy atom. The van der Waals surface area contributed by atoms with Crippen LogP contribution in [0.3, 0.4) is 0 Å². The highest BCUT2D eigenvalue weighted by Gasteiger charge is 2.11. The van der Waals surface area contributed by atoms with Gasteiger partial charge in [-0.25, -0.2) is 9.97 Å². The molecule has 36 heavy (non-hydrogen) atoms. The lowest BCUT2D eigenvalue weighted by atomic mass is 10.1. The first-order valence-electron chi connectivity index (χ1n) is 11.4. The molecule has 0 aliphatic heterocycles. The Morgan fingerprint density at radius 2 is 1.83 bits per heavy atom. The second-order valence-corrected chi connectivity index (χ2v) is 8.26. The van der Waals surface area contributed by atoms with E-state index in [1.807, 2.05) is 47.3 Å². The fourth-order valence-corrected chi connectivity index (χ4v) is 3.96. The highest BCUT2D eigenvalue weighted by molar-refractivity contribution is 5.85. The van der Waals surface area contributed by atoms with E-state index in [-0.39, 0.29) is 5.56 Å². The Morgan fingerprint density at radius 3 is 2.58 bits per heavy atom. The second kappa shape index (κ2) is 10.1. The van der Waals surface area contributed by atoms with Crippen LogP contribution in [0.2, 0.25) is 0 Å². The van der Waals surface area contributed by atoms with E-state index in [9.17, 15) is 10.1 Å². The molecule has 0 fully saturated rings. The predicted molar refractivity (Wildman–Crippen MR) is 136 cm³/mol. The predicted octanol–water partition coefficient (Wildman–Crippen LogP) is 3.58. The van der Waals surface area contributed by atoms with Crippen LogP contribution in [0.1, 0.15) is 22.3 Å². The van der Waals surface area contributed by atoms with E-state index in [0.717, 1.165) is 22.1 Å². The van der Waals surface area contributed by atoms with Crippen molar-refractivity contribution in [3.05, 3.63) is 112 Å². The molecule has 0 saturated carbocycles. The zero-order chi connectivity index (χ0) is 24.9. The van der Waals surface area contributed by atoms with Gasteiger partial charge in [-0.3, -0.25) is 9.48 Å². The third kappa shape index (κ3) is 4.93. The summed E-state index contributed by atoms with van der Waals surface area (Å²) in [5.41, 5.74) is 4.07. The van der Waals surface area contributed by atoms with Crippen LogP contribution < -0.4 is 15.6 Å². The molecule has 9 nitrogen and oxygen atoms in total. The summed E-state index contributed by atoms with van der Waals surface area (Å²) < 4.78 is 8.79. The van der Waals surface area contributed by atoms with Gasteiger partial charge in [0, 0.05) is 25.0 Å². The zero-order valence-corrected chi connectivity index (χ0v) is 19.6. The van der Waals surface area contributed by atoms with Crippen molar-refractivity contribution in [1.82, 2.24) is 24.3 Å². The smallest absolute Gasteiger partial charge is 0.250 e. The number of hydrogen-bond acceptors (Lipinski definition) is 7. The molecular weight excluding hydrogens is 454 g/mol. The Bertz CT molecular complexity index is 1610. The third-order valence-corrected chi connectivity index (χ3v) is 5.86. The van der Waals surface area contributed by atoms with Gasteiger partial charge in [0.15, 0.2) is 5.65 Å². The van der Waals surface area contributed by atoms with E-state index in [1.165, 1.54) is 6.33 Å². The molecule has 0 unspecified atom stereocenters. The Hall–Kier alpha value is -4.97. The molecule has 2 aromatic carbocycles. The SMILES string of the molecule is COc1ccc(C#N)c(CNc2ncnc3nn(Cc4ccc(Cn5ccccc5=O)cc4)cc23)c1. The van der Waals surface area contributed by atoms with Gasteiger partial charge in [-0.1, -0.05) is 30.3 Å². The first kappa shape index (κ1) is 22.8. The summed E-state index contributed by atoms with van der Waals surface area (Å²) in [5.74, 6) is 1.33. The second-order valence-electron chi connectivity index (χ2n) is 8.26. The lowest BCUT2D eigenvalue weighted by Gasteiger charge is -2.09. The Kier molecular flexibility index (Phi) is 6.40. The van der Waals surface area contributed by atoms with Crippen LogP contribution in [-0.4, -0.2) is 31.4 Å². The molecule has 0 atom stereocenters. The van der Waals surface area contributed by atoms with Crippen molar-refractivity contribution in [3.8, 4) is 11.8 Å². The molecule has 0 aliphatic rings. The fourth-order valence-electron chi connectivity index (χ4n) is 3.96. The molecule has 0 amide bonds. The topological polar surface area (TPSA) is 111 Å². The van der Waals surface area contributed by atoms with E-state index in [4.69, 9.17) is 4.74 Å². The molecule has 1 N–H and O–H groups in total. The number of methoxy groups -OCH3 is 1. The first-order chi connectivity index (χ1) is 17.6. The highest BCUT2D eigenvalue weighted by atomic mass is 16.5. The molecule has 3 aromatic heterocycles. The summed E-state index contributed by atoms with van der Waals surface area (Å²) in [6, 6.07) is 20.8. The van der Waals surface area contributed by atoms with Gasteiger partial charge in [0.2, 0.25) is 0 Å². The van der Waals surface area contributed by atoms with Gasteiger partial charge < -0.3 is 14.6 Å². The zero-order valence-electron chi connectivity index (χ0n) is 19.6. The molecule has 5 rings (SSSR count). The summed E-state index contributed by atoms with van der Waals surface area (Å²) >= 11 is 0. The Balaban J connectivity index is 1.31. The molecule has 0 saturated heterocycles. The van der Waals surface area contributed by atoms with Crippen LogP contribution >= 0.6 is 0 Å². The van der Waals surface area contributed by atoms with E-state index in [0.29, 0.717) is 42.4 Å². The summed E-state index contributed by atoms with van der Waals surface area (Å²) in [4.78, 5) is 20.6. The minimum absolute atomic E-state index is 0.0226. The largest absolute Gasteiger partial charge is 0.497 e. The quantitative estimate of drug-likeness (QED) is 0.364. The first-order valence-corrected chi connectivity index (χ1v) is 11.4. The van der Waals surface area contributed by atoms with Gasteiger partial charge in [0.05, 0.1) is 37.2 Å². The van der Waals surface area contributed by atoms with Crippen molar-refractivity contribution < 1.29 is 4.74 Å². The van der Waals surface area contributed by atoms with Crippen LogP contribution in [0.25, 0.3) is 11.0 Å². The molecule has 9 heteroatoms. The maximum Gasteiger partial charge on any atom is 0.250 e. The number of anilines is 1. The van der Waals surface area contributed by atoms with Gasteiger partial charge in [0.1, 0.15) is 17.9 Å². The molecule has 0 radical (unpaired) electrons. The number of aromatic nitrogens is 5. The number of benzene rings is 2. The lowest BCUT2D eigenvalue weighted by molar-refractivity contribution is 0.414. The van der Waals surface area contributed by atoms with Crippen LogP contribution in [-0.2, 0) is 19.6 Å². The van der Waals surface area contributed by atoms with Gasteiger partial charge >= 0.3 is 0 Å². The summed E-state index contributed by atoms with van der Waals surface area (Å²) in [5, 5.41) is 18.1.